The number of likely N-dealkylation sites (tertiary alicyclic amines) is 1. The number of rotatable bonds is 4. The van der Waals surface area contributed by atoms with Gasteiger partial charge in [-0.05, 0) is 39.2 Å². The average Bonchev–Trinajstić information content (AvgIpc) is 2.77. The monoisotopic (exact) mass is 354 g/mol. The Kier molecular flexibility index (Phi) is 5.62. The van der Waals surface area contributed by atoms with Crippen molar-refractivity contribution >= 4 is 10.0 Å². The maximum atomic E-state index is 12.7. The maximum absolute atomic E-state index is 12.7. The summed E-state index contributed by atoms with van der Waals surface area (Å²) < 4.78 is 29.9. The zero-order chi connectivity index (χ0) is 17.2. The van der Waals surface area contributed by atoms with Gasteiger partial charge in [0.25, 0.3) is 0 Å². The number of hydrogen-bond donors (Lipinski definition) is 1. The molecular formula is C17H30N4O2S. The Balaban J connectivity index is 1.65. The lowest BCUT2D eigenvalue weighted by Gasteiger charge is -2.38. The highest BCUT2D eigenvalue weighted by molar-refractivity contribution is 7.89. The van der Waals surface area contributed by atoms with E-state index < -0.39 is 10.0 Å². The number of aryl methyl sites for hydroxylation is 1. The Morgan fingerprint density at radius 1 is 1.12 bits per heavy atom. The van der Waals surface area contributed by atoms with E-state index in [1.165, 1.54) is 44.7 Å². The normalized spacial score (nSPS) is 24.8. The number of hydrogen-bond acceptors (Lipinski definition) is 4. The van der Waals surface area contributed by atoms with E-state index in [4.69, 9.17) is 0 Å². The van der Waals surface area contributed by atoms with Gasteiger partial charge in [0.05, 0.1) is 11.9 Å². The second-order valence-electron chi connectivity index (χ2n) is 7.32. The fourth-order valence-electron chi connectivity index (χ4n) is 4.08. The molecule has 0 radical (unpaired) electrons. The van der Waals surface area contributed by atoms with Crippen molar-refractivity contribution in [3.05, 3.63) is 11.9 Å². The zero-order valence-corrected chi connectivity index (χ0v) is 15.7. The first kappa shape index (κ1) is 17.9. The molecule has 0 amide bonds. The predicted molar refractivity (Wildman–Crippen MR) is 94.4 cm³/mol. The van der Waals surface area contributed by atoms with E-state index in [0.717, 1.165) is 25.9 Å². The maximum Gasteiger partial charge on any atom is 0.244 e. The predicted octanol–water partition coefficient (Wildman–Crippen LogP) is 2.19. The minimum Gasteiger partial charge on any atom is -0.299 e. The van der Waals surface area contributed by atoms with Crippen molar-refractivity contribution in [3.8, 4) is 0 Å². The second kappa shape index (κ2) is 7.54. The highest BCUT2D eigenvalue weighted by atomic mass is 32.2. The molecule has 1 unspecified atom stereocenters. The Morgan fingerprint density at radius 3 is 2.46 bits per heavy atom. The van der Waals surface area contributed by atoms with E-state index in [-0.39, 0.29) is 6.04 Å². The average molecular weight is 355 g/mol. The number of sulfonamides is 1. The Hall–Kier alpha value is -0.920. The van der Waals surface area contributed by atoms with E-state index in [0.29, 0.717) is 16.6 Å². The smallest absolute Gasteiger partial charge is 0.244 e. The van der Waals surface area contributed by atoms with Crippen LogP contribution in [-0.4, -0.2) is 48.3 Å². The van der Waals surface area contributed by atoms with Crippen molar-refractivity contribution in [2.24, 2.45) is 7.05 Å². The summed E-state index contributed by atoms with van der Waals surface area (Å²) in [7, 11) is -1.72. The third kappa shape index (κ3) is 4.00. The van der Waals surface area contributed by atoms with Crippen molar-refractivity contribution in [2.75, 3.05) is 13.1 Å². The molecule has 2 fully saturated rings. The molecule has 6 nitrogen and oxygen atoms in total. The van der Waals surface area contributed by atoms with Gasteiger partial charge in [-0.3, -0.25) is 9.58 Å². The molecule has 1 aromatic heterocycles. The van der Waals surface area contributed by atoms with Gasteiger partial charge in [-0.15, -0.1) is 0 Å². The molecule has 1 N–H and O–H groups in total. The Morgan fingerprint density at radius 2 is 1.83 bits per heavy atom. The molecule has 0 bridgehead atoms. The summed E-state index contributed by atoms with van der Waals surface area (Å²) in [6.07, 6.45) is 11.3. The molecule has 0 aromatic carbocycles. The number of piperidine rings is 1. The minimum atomic E-state index is -3.49. The first-order chi connectivity index (χ1) is 11.5. The van der Waals surface area contributed by atoms with E-state index in [1.54, 1.807) is 18.7 Å². The summed E-state index contributed by atoms with van der Waals surface area (Å²) in [5.74, 6) is 0. The molecule has 2 aliphatic rings. The topological polar surface area (TPSA) is 67.2 Å². The van der Waals surface area contributed by atoms with Crippen LogP contribution in [0.4, 0.5) is 0 Å². The van der Waals surface area contributed by atoms with E-state index in [9.17, 15) is 8.42 Å². The van der Waals surface area contributed by atoms with Gasteiger partial charge in [0.2, 0.25) is 10.0 Å². The van der Waals surface area contributed by atoms with E-state index in [2.05, 4.69) is 14.7 Å². The van der Waals surface area contributed by atoms with Gasteiger partial charge in [0.1, 0.15) is 4.90 Å². The van der Waals surface area contributed by atoms with Crippen LogP contribution in [0.3, 0.4) is 0 Å². The van der Waals surface area contributed by atoms with Crippen LogP contribution in [0.25, 0.3) is 0 Å². The molecule has 1 aromatic rings. The first-order valence-electron chi connectivity index (χ1n) is 9.22. The quantitative estimate of drug-likeness (QED) is 0.842. The molecule has 136 valence electrons. The molecule has 0 spiro atoms. The third-order valence-corrected chi connectivity index (χ3v) is 7.22. The van der Waals surface area contributed by atoms with Crippen LogP contribution >= 0.6 is 0 Å². The van der Waals surface area contributed by atoms with Crippen LogP contribution in [0.5, 0.6) is 0 Å². The molecule has 1 aliphatic carbocycles. The van der Waals surface area contributed by atoms with Crippen LogP contribution in [0.1, 0.15) is 57.1 Å². The summed E-state index contributed by atoms with van der Waals surface area (Å²) in [6, 6.07) is 0.645. The Labute approximate surface area is 145 Å². The Bertz CT molecular complexity index is 648. The van der Waals surface area contributed by atoms with Crippen molar-refractivity contribution in [2.45, 2.75) is 75.3 Å². The molecule has 24 heavy (non-hydrogen) atoms. The summed E-state index contributed by atoms with van der Waals surface area (Å²) in [4.78, 5) is 2.83. The van der Waals surface area contributed by atoms with Gasteiger partial charge in [0, 0.05) is 25.7 Å². The standard InChI is InChI=1S/C17H30N4O2S/c1-14-17(12-18-20(14)2)24(22,23)19-15-8-7-11-21(13-15)16-9-5-3-4-6-10-16/h12,15-16,19H,3-11,13H2,1-2H3. The van der Waals surface area contributed by atoms with Gasteiger partial charge in [-0.2, -0.15) is 5.10 Å². The van der Waals surface area contributed by atoms with Gasteiger partial charge in [-0.25, -0.2) is 13.1 Å². The van der Waals surface area contributed by atoms with Crippen LogP contribution in [0, 0.1) is 6.92 Å². The van der Waals surface area contributed by atoms with Crippen LogP contribution in [-0.2, 0) is 17.1 Å². The molecule has 1 atom stereocenters. The van der Waals surface area contributed by atoms with Crippen molar-refractivity contribution in [3.63, 3.8) is 0 Å². The number of nitrogens with zero attached hydrogens (tertiary/aromatic N) is 3. The molecule has 2 heterocycles. The minimum absolute atomic E-state index is 0.00612. The van der Waals surface area contributed by atoms with Gasteiger partial charge >= 0.3 is 0 Å². The lowest BCUT2D eigenvalue weighted by Crippen LogP contribution is -2.50. The van der Waals surface area contributed by atoms with Crippen LogP contribution in [0.2, 0.25) is 0 Å². The molecule has 1 saturated carbocycles. The van der Waals surface area contributed by atoms with E-state index >= 15 is 0 Å². The fraction of sp³-hybridized carbons (Fsp3) is 0.824. The largest absolute Gasteiger partial charge is 0.299 e. The van der Waals surface area contributed by atoms with Crippen LogP contribution < -0.4 is 4.72 Å². The van der Waals surface area contributed by atoms with Crippen LogP contribution in [0.15, 0.2) is 11.1 Å². The molecule has 1 saturated heterocycles. The number of aromatic nitrogens is 2. The molecule has 1 aliphatic heterocycles. The van der Waals surface area contributed by atoms with E-state index in [1.807, 2.05) is 0 Å². The summed E-state index contributed by atoms with van der Waals surface area (Å²) >= 11 is 0. The second-order valence-corrected chi connectivity index (χ2v) is 9.00. The molecule has 7 heteroatoms. The molecule has 3 rings (SSSR count). The zero-order valence-electron chi connectivity index (χ0n) is 14.9. The fourth-order valence-corrected chi connectivity index (χ4v) is 5.55. The SMILES string of the molecule is Cc1c(S(=O)(=O)NC2CCCN(C3CCCCCC3)C2)cnn1C. The van der Waals surface area contributed by atoms with Crippen molar-refractivity contribution in [1.29, 1.82) is 0 Å². The highest BCUT2D eigenvalue weighted by Gasteiger charge is 2.30. The van der Waals surface area contributed by atoms with Crippen molar-refractivity contribution < 1.29 is 8.42 Å². The summed E-state index contributed by atoms with van der Waals surface area (Å²) in [6.45, 7) is 3.73. The highest BCUT2D eigenvalue weighted by Crippen LogP contribution is 2.25. The number of nitrogens with one attached hydrogen (secondary N) is 1. The summed E-state index contributed by atoms with van der Waals surface area (Å²) in [5.41, 5.74) is 0.680. The lowest BCUT2D eigenvalue weighted by atomic mass is 10.0. The first-order valence-corrected chi connectivity index (χ1v) is 10.7. The van der Waals surface area contributed by atoms with Gasteiger partial charge < -0.3 is 0 Å². The third-order valence-electron chi connectivity index (χ3n) is 5.60. The summed E-state index contributed by atoms with van der Waals surface area (Å²) in [5, 5.41) is 4.06. The van der Waals surface area contributed by atoms with Gasteiger partial charge in [-0.1, -0.05) is 25.7 Å². The van der Waals surface area contributed by atoms with Crippen molar-refractivity contribution in [1.82, 2.24) is 19.4 Å². The lowest BCUT2D eigenvalue weighted by molar-refractivity contribution is 0.132. The molecular weight excluding hydrogens is 324 g/mol. The van der Waals surface area contributed by atoms with Gasteiger partial charge in [0.15, 0.2) is 0 Å².